The molecular formula is C18H20FN3O2. The van der Waals surface area contributed by atoms with E-state index in [4.69, 9.17) is 0 Å². The van der Waals surface area contributed by atoms with Crippen molar-refractivity contribution in [3.05, 3.63) is 53.6 Å². The first-order chi connectivity index (χ1) is 11.5. The Bertz CT molecular complexity index is 747. The van der Waals surface area contributed by atoms with Crippen LogP contribution in [0.5, 0.6) is 0 Å². The van der Waals surface area contributed by atoms with Crippen LogP contribution in [0.25, 0.3) is 0 Å². The minimum Gasteiger partial charge on any atom is -0.324 e. The fraction of sp³-hybridized carbons (Fsp3) is 0.278. The molecule has 0 saturated heterocycles. The summed E-state index contributed by atoms with van der Waals surface area (Å²) in [6.45, 7) is 3.87. The Morgan fingerprint density at radius 3 is 2.67 bits per heavy atom. The number of carbonyl (C=O) groups is 2. The first kappa shape index (κ1) is 17.6. The van der Waals surface area contributed by atoms with Crippen molar-refractivity contribution in [2.24, 2.45) is 0 Å². The number of aryl methyl sites for hydroxylation is 1. The van der Waals surface area contributed by atoms with Gasteiger partial charge in [0.2, 0.25) is 5.91 Å². The van der Waals surface area contributed by atoms with Crippen molar-refractivity contribution in [1.29, 1.82) is 0 Å². The number of aromatic nitrogens is 1. The SMILES string of the molecule is CCCCC(=O)Nc1ccc(C)cc1NC(=O)c1ccncc1F. The van der Waals surface area contributed by atoms with Crippen molar-refractivity contribution >= 4 is 23.2 Å². The fourth-order valence-corrected chi connectivity index (χ4v) is 2.17. The van der Waals surface area contributed by atoms with Crippen molar-refractivity contribution in [3.63, 3.8) is 0 Å². The minimum atomic E-state index is -0.698. The molecule has 6 heteroatoms. The summed E-state index contributed by atoms with van der Waals surface area (Å²) < 4.78 is 13.7. The van der Waals surface area contributed by atoms with Gasteiger partial charge >= 0.3 is 0 Å². The molecule has 1 aromatic carbocycles. The van der Waals surface area contributed by atoms with Gasteiger partial charge in [-0.05, 0) is 37.1 Å². The minimum absolute atomic E-state index is 0.102. The van der Waals surface area contributed by atoms with E-state index in [9.17, 15) is 14.0 Å². The summed E-state index contributed by atoms with van der Waals surface area (Å²) in [7, 11) is 0. The zero-order valence-corrected chi connectivity index (χ0v) is 13.7. The van der Waals surface area contributed by atoms with Crippen LogP contribution in [0.4, 0.5) is 15.8 Å². The van der Waals surface area contributed by atoms with Crippen LogP contribution in [-0.2, 0) is 4.79 Å². The number of rotatable bonds is 6. The molecule has 0 spiro atoms. The topological polar surface area (TPSA) is 71.1 Å². The number of halogens is 1. The van der Waals surface area contributed by atoms with Gasteiger partial charge < -0.3 is 10.6 Å². The Hall–Kier alpha value is -2.76. The van der Waals surface area contributed by atoms with Gasteiger partial charge in [0.05, 0.1) is 23.1 Å². The van der Waals surface area contributed by atoms with E-state index < -0.39 is 11.7 Å². The monoisotopic (exact) mass is 329 g/mol. The third-order valence-electron chi connectivity index (χ3n) is 3.47. The van der Waals surface area contributed by atoms with E-state index in [1.807, 2.05) is 19.9 Å². The number of amides is 2. The maximum atomic E-state index is 13.7. The van der Waals surface area contributed by atoms with Crippen LogP contribution in [0.2, 0.25) is 0 Å². The van der Waals surface area contributed by atoms with E-state index in [1.165, 1.54) is 12.3 Å². The number of anilines is 2. The van der Waals surface area contributed by atoms with E-state index in [1.54, 1.807) is 12.1 Å². The molecule has 0 aliphatic heterocycles. The Labute approximate surface area is 140 Å². The highest BCUT2D eigenvalue weighted by Gasteiger charge is 2.14. The van der Waals surface area contributed by atoms with Gasteiger partial charge in [-0.2, -0.15) is 0 Å². The van der Waals surface area contributed by atoms with Crippen LogP contribution >= 0.6 is 0 Å². The van der Waals surface area contributed by atoms with Crippen LogP contribution in [0, 0.1) is 12.7 Å². The molecule has 2 amide bonds. The van der Waals surface area contributed by atoms with Crippen LogP contribution in [0.15, 0.2) is 36.7 Å². The summed E-state index contributed by atoms with van der Waals surface area (Å²) in [6, 6.07) is 6.59. The van der Waals surface area contributed by atoms with Crippen molar-refractivity contribution in [1.82, 2.24) is 4.98 Å². The van der Waals surface area contributed by atoms with Gasteiger partial charge in [-0.3, -0.25) is 14.6 Å². The summed E-state index contributed by atoms with van der Waals surface area (Å²) in [5.41, 5.74) is 1.73. The van der Waals surface area contributed by atoms with Gasteiger partial charge in [0, 0.05) is 12.6 Å². The van der Waals surface area contributed by atoms with E-state index >= 15 is 0 Å². The number of nitrogens with zero attached hydrogens (tertiary/aromatic N) is 1. The summed E-state index contributed by atoms with van der Waals surface area (Å²) >= 11 is 0. The second-order valence-corrected chi connectivity index (χ2v) is 5.51. The molecule has 1 heterocycles. The van der Waals surface area contributed by atoms with Gasteiger partial charge in [0.1, 0.15) is 0 Å². The Kier molecular flexibility index (Phi) is 6.01. The molecule has 2 aromatic rings. The van der Waals surface area contributed by atoms with Crippen molar-refractivity contribution < 1.29 is 14.0 Å². The lowest BCUT2D eigenvalue weighted by molar-refractivity contribution is -0.116. The highest BCUT2D eigenvalue weighted by atomic mass is 19.1. The molecule has 0 radical (unpaired) electrons. The second-order valence-electron chi connectivity index (χ2n) is 5.51. The van der Waals surface area contributed by atoms with Gasteiger partial charge in [0.25, 0.3) is 5.91 Å². The molecule has 0 bridgehead atoms. The average Bonchev–Trinajstić information content (AvgIpc) is 2.55. The van der Waals surface area contributed by atoms with E-state index in [0.29, 0.717) is 17.8 Å². The lowest BCUT2D eigenvalue weighted by atomic mass is 10.1. The van der Waals surface area contributed by atoms with Crippen LogP contribution in [-0.4, -0.2) is 16.8 Å². The molecule has 24 heavy (non-hydrogen) atoms. The number of carbonyl (C=O) groups excluding carboxylic acids is 2. The lowest BCUT2D eigenvalue weighted by Crippen LogP contribution is -2.17. The summed E-state index contributed by atoms with van der Waals surface area (Å²) in [6.07, 6.45) is 4.46. The quantitative estimate of drug-likeness (QED) is 0.844. The Morgan fingerprint density at radius 2 is 1.96 bits per heavy atom. The number of pyridine rings is 1. The third kappa shape index (κ3) is 4.62. The smallest absolute Gasteiger partial charge is 0.258 e. The second kappa shape index (κ2) is 8.19. The largest absolute Gasteiger partial charge is 0.324 e. The molecular weight excluding hydrogens is 309 g/mol. The maximum Gasteiger partial charge on any atom is 0.258 e. The van der Waals surface area contributed by atoms with Gasteiger partial charge in [-0.25, -0.2) is 4.39 Å². The summed E-state index contributed by atoms with van der Waals surface area (Å²) in [5.74, 6) is -1.41. The first-order valence-corrected chi connectivity index (χ1v) is 7.82. The zero-order valence-electron chi connectivity index (χ0n) is 13.7. The molecule has 1 aromatic heterocycles. The highest BCUT2D eigenvalue weighted by molar-refractivity contribution is 6.07. The van der Waals surface area contributed by atoms with Crippen molar-refractivity contribution in [2.45, 2.75) is 33.1 Å². The Morgan fingerprint density at radius 1 is 1.17 bits per heavy atom. The van der Waals surface area contributed by atoms with Crippen molar-refractivity contribution in [3.8, 4) is 0 Å². The predicted octanol–water partition coefficient (Wildman–Crippen LogP) is 3.91. The number of unbranched alkanes of at least 4 members (excludes halogenated alkanes) is 1. The molecule has 0 aliphatic carbocycles. The molecule has 0 saturated carbocycles. The predicted molar refractivity (Wildman–Crippen MR) is 91.5 cm³/mol. The highest BCUT2D eigenvalue weighted by Crippen LogP contribution is 2.24. The molecule has 5 nitrogen and oxygen atoms in total. The molecule has 0 fully saturated rings. The number of nitrogens with one attached hydrogen (secondary N) is 2. The van der Waals surface area contributed by atoms with Gasteiger partial charge in [-0.15, -0.1) is 0 Å². The standard InChI is InChI=1S/C18H20FN3O2/c1-3-4-5-17(23)21-15-7-6-12(2)10-16(15)22-18(24)13-8-9-20-11-14(13)19/h6-11H,3-5H2,1-2H3,(H,21,23)(H,22,24). The van der Waals surface area contributed by atoms with Crippen LogP contribution in [0.3, 0.4) is 0 Å². The zero-order chi connectivity index (χ0) is 17.5. The van der Waals surface area contributed by atoms with Crippen LogP contribution in [0.1, 0.15) is 42.1 Å². The lowest BCUT2D eigenvalue weighted by Gasteiger charge is -2.13. The Balaban J connectivity index is 2.20. The van der Waals surface area contributed by atoms with E-state index in [2.05, 4.69) is 15.6 Å². The summed E-state index contributed by atoms with van der Waals surface area (Å²) in [4.78, 5) is 27.8. The summed E-state index contributed by atoms with van der Waals surface area (Å²) in [5, 5.41) is 5.43. The number of benzene rings is 1. The fourth-order valence-electron chi connectivity index (χ4n) is 2.17. The molecule has 2 rings (SSSR count). The molecule has 126 valence electrons. The molecule has 0 atom stereocenters. The molecule has 0 unspecified atom stereocenters. The number of hydrogen-bond acceptors (Lipinski definition) is 3. The maximum absolute atomic E-state index is 13.7. The number of hydrogen-bond donors (Lipinski definition) is 2. The van der Waals surface area contributed by atoms with E-state index in [-0.39, 0.29) is 11.5 Å². The van der Waals surface area contributed by atoms with Gasteiger partial charge in [-0.1, -0.05) is 19.4 Å². The first-order valence-electron chi connectivity index (χ1n) is 7.82. The van der Waals surface area contributed by atoms with Crippen molar-refractivity contribution in [2.75, 3.05) is 10.6 Å². The average molecular weight is 329 g/mol. The van der Waals surface area contributed by atoms with E-state index in [0.717, 1.165) is 24.6 Å². The van der Waals surface area contributed by atoms with Crippen LogP contribution < -0.4 is 10.6 Å². The normalized spacial score (nSPS) is 10.3. The molecule has 0 aliphatic rings. The molecule has 2 N–H and O–H groups in total. The third-order valence-corrected chi connectivity index (χ3v) is 3.47. The van der Waals surface area contributed by atoms with Gasteiger partial charge in [0.15, 0.2) is 5.82 Å².